The van der Waals surface area contributed by atoms with E-state index in [0.29, 0.717) is 43.7 Å². The second-order valence-electron chi connectivity index (χ2n) is 17.0. The number of hydrogen-bond donors (Lipinski definition) is 3. The number of benzene rings is 2. The van der Waals surface area contributed by atoms with Crippen LogP contribution in [0.15, 0.2) is 78.0 Å². The highest BCUT2D eigenvalue weighted by molar-refractivity contribution is 6.03. The number of unbranched alkanes of at least 4 members (excludes halogenated alkanes) is 10. The van der Waals surface area contributed by atoms with Crippen molar-refractivity contribution in [3.8, 4) is 11.5 Å². The van der Waals surface area contributed by atoms with E-state index in [2.05, 4.69) is 24.9 Å². The van der Waals surface area contributed by atoms with Gasteiger partial charge in [-0.2, -0.15) is 0 Å². The number of carbonyl (C=O) groups excluding carboxylic acids is 2. The second kappa shape index (κ2) is 25.1. The van der Waals surface area contributed by atoms with E-state index in [1.54, 1.807) is 12.1 Å². The van der Waals surface area contributed by atoms with Crippen molar-refractivity contribution in [1.82, 2.24) is 10.2 Å². The standard InChI is InChI=1S/C50H73N3O8/c1-5-8-9-10-11-12-13-14-18-27-46(56)53(4)45-35-43(52-59-36-37-23-16-15-17-24-37)41-33-38(25-19-21-30-54)40(26-20-22-31-55)47-42-34-39(60-49(57)51-7-3)28-29-44(42)61-50(45,48(41)47)58-32-6-2/h6,15-17,23-24,28-29,33-34,38,40,45,47-48,54-55H,2,5,7-14,18-22,25-27,30-32,35-36H2,1,3-4H3,(H,51,57). The number of aliphatic hydroxyl groups is 2. The number of carbonyl (C=O) groups is 2. The fraction of sp³-hybridized carbons (Fsp3) is 0.620. The quantitative estimate of drug-likeness (QED) is 0.0459. The van der Waals surface area contributed by atoms with Crippen LogP contribution in [-0.2, 0) is 21.0 Å². The van der Waals surface area contributed by atoms with E-state index in [1.807, 2.05) is 61.3 Å². The molecule has 6 unspecified atom stereocenters. The number of fused-ring (bicyclic) bond motifs is 2. The topological polar surface area (TPSA) is 139 Å². The van der Waals surface area contributed by atoms with Gasteiger partial charge in [-0.1, -0.05) is 119 Å². The molecule has 3 aliphatic rings. The number of amides is 2. The van der Waals surface area contributed by atoms with Crippen LogP contribution >= 0.6 is 0 Å². The first kappa shape index (κ1) is 47.9. The molecule has 1 aliphatic heterocycles. The van der Waals surface area contributed by atoms with Gasteiger partial charge in [0.15, 0.2) is 0 Å². The molecule has 2 aromatic carbocycles. The van der Waals surface area contributed by atoms with Crippen LogP contribution in [0.2, 0.25) is 0 Å². The van der Waals surface area contributed by atoms with Crippen LogP contribution in [0.4, 0.5) is 4.79 Å². The molecule has 11 nitrogen and oxygen atoms in total. The second-order valence-corrected chi connectivity index (χ2v) is 17.0. The number of hydrogen-bond acceptors (Lipinski definition) is 9. The van der Waals surface area contributed by atoms with Crippen molar-refractivity contribution < 1.29 is 38.9 Å². The smallest absolute Gasteiger partial charge is 0.412 e. The summed E-state index contributed by atoms with van der Waals surface area (Å²) in [5.41, 5.74) is 3.60. The number of allylic oxidation sites excluding steroid dienone is 1. The summed E-state index contributed by atoms with van der Waals surface area (Å²) in [5.74, 6) is -0.800. The molecule has 0 radical (unpaired) electrons. The third-order valence-corrected chi connectivity index (χ3v) is 12.8. The van der Waals surface area contributed by atoms with Gasteiger partial charge >= 0.3 is 6.09 Å². The average molecular weight is 844 g/mol. The Morgan fingerprint density at radius 2 is 1.64 bits per heavy atom. The van der Waals surface area contributed by atoms with E-state index in [4.69, 9.17) is 24.2 Å². The number of oxime groups is 1. The highest BCUT2D eigenvalue weighted by Crippen LogP contribution is 2.61. The molecule has 0 saturated heterocycles. The average Bonchev–Trinajstić information content (AvgIpc) is 3.26. The van der Waals surface area contributed by atoms with Gasteiger partial charge in [-0.3, -0.25) is 4.79 Å². The SMILES string of the molecule is C=CCOC12Oc3ccc(OC(=O)NCC)cc3C3C(CCCCO)C(CCCCO)C=C(C(=NOCc4ccccc4)CC1N(C)C(=O)CCCCCCCCCCC)C32. The molecule has 0 spiro atoms. The van der Waals surface area contributed by atoms with E-state index in [1.165, 1.54) is 38.5 Å². The first-order chi connectivity index (χ1) is 29.8. The van der Waals surface area contributed by atoms with Gasteiger partial charge in [0.1, 0.15) is 24.1 Å². The Hall–Kier alpha value is -4.19. The molecule has 2 aliphatic carbocycles. The summed E-state index contributed by atoms with van der Waals surface area (Å²) in [6.07, 6.45) is 19.4. The Balaban J connectivity index is 1.60. The molecule has 6 atom stereocenters. The van der Waals surface area contributed by atoms with E-state index in [9.17, 15) is 19.8 Å². The van der Waals surface area contributed by atoms with Gasteiger partial charge in [-0.25, -0.2) is 4.79 Å². The van der Waals surface area contributed by atoms with Crippen molar-refractivity contribution >= 4 is 17.7 Å². The summed E-state index contributed by atoms with van der Waals surface area (Å²) in [6.45, 7) is 9.21. The van der Waals surface area contributed by atoms with Crippen LogP contribution in [0.5, 0.6) is 11.5 Å². The summed E-state index contributed by atoms with van der Waals surface area (Å²) in [5, 5.41) is 27.4. The Kier molecular flexibility index (Phi) is 19.7. The summed E-state index contributed by atoms with van der Waals surface area (Å²) in [7, 11) is 1.87. The van der Waals surface area contributed by atoms with E-state index in [-0.39, 0.29) is 50.1 Å². The lowest BCUT2D eigenvalue weighted by Gasteiger charge is -2.59. The minimum atomic E-state index is -1.33. The number of nitrogens with zero attached hydrogens (tertiary/aromatic N) is 2. The van der Waals surface area contributed by atoms with E-state index < -0.39 is 23.8 Å². The molecule has 2 amide bonds. The third kappa shape index (κ3) is 12.7. The van der Waals surface area contributed by atoms with Crippen LogP contribution in [-0.4, -0.2) is 78.1 Å². The predicted octanol–water partition coefficient (Wildman–Crippen LogP) is 10.0. The monoisotopic (exact) mass is 844 g/mol. The van der Waals surface area contributed by atoms with Gasteiger partial charge in [0.2, 0.25) is 11.7 Å². The minimum Gasteiger partial charge on any atom is -0.459 e. The number of rotatable bonds is 27. The molecule has 61 heavy (non-hydrogen) atoms. The fourth-order valence-corrected chi connectivity index (χ4v) is 9.77. The first-order valence-corrected chi connectivity index (χ1v) is 23.3. The van der Waals surface area contributed by atoms with E-state index in [0.717, 1.165) is 67.4 Å². The van der Waals surface area contributed by atoms with E-state index >= 15 is 0 Å². The molecule has 1 heterocycles. The minimum absolute atomic E-state index is 0.0281. The molecule has 336 valence electrons. The number of likely N-dealkylation sites (N-methyl/N-ethyl adjacent to an activating group) is 1. The van der Waals surface area contributed by atoms with Gasteiger partial charge in [0.05, 0.1) is 18.2 Å². The Bertz CT molecular complexity index is 1730. The molecule has 0 aromatic heterocycles. The van der Waals surface area contributed by atoms with Crippen molar-refractivity contribution in [2.24, 2.45) is 22.9 Å². The molecular formula is C50H73N3O8. The van der Waals surface area contributed by atoms with Crippen LogP contribution in [0.3, 0.4) is 0 Å². The molecule has 3 N–H and O–H groups in total. The summed E-state index contributed by atoms with van der Waals surface area (Å²) < 4.78 is 20.1. The zero-order chi connectivity index (χ0) is 43.5. The zero-order valence-electron chi connectivity index (χ0n) is 37.2. The Labute approximate surface area is 364 Å². The number of ether oxygens (including phenoxy) is 3. The van der Waals surface area contributed by atoms with Gasteiger partial charge in [-0.05, 0) is 80.2 Å². The molecule has 1 saturated carbocycles. The number of aliphatic hydroxyl groups excluding tert-OH is 2. The van der Waals surface area contributed by atoms with Gasteiger partial charge in [0.25, 0.3) is 0 Å². The van der Waals surface area contributed by atoms with Crippen molar-refractivity contribution in [1.29, 1.82) is 0 Å². The molecule has 0 bridgehead atoms. The third-order valence-electron chi connectivity index (χ3n) is 12.8. The Morgan fingerprint density at radius 3 is 2.33 bits per heavy atom. The fourth-order valence-electron chi connectivity index (χ4n) is 9.77. The largest absolute Gasteiger partial charge is 0.459 e. The lowest BCUT2D eigenvalue weighted by molar-refractivity contribution is -0.255. The molecular weight excluding hydrogens is 771 g/mol. The highest BCUT2D eigenvalue weighted by Gasteiger charge is 2.65. The summed E-state index contributed by atoms with van der Waals surface area (Å²) in [4.78, 5) is 35.1. The summed E-state index contributed by atoms with van der Waals surface area (Å²) >= 11 is 0. The van der Waals surface area contributed by atoms with Crippen LogP contribution in [0.1, 0.15) is 140 Å². The van der Waals surface area contributed by atoms with Crippen molar-refractivity contribution in [2.75, 3.05) is 33.4 Å². The van der Waals surface area contributed by atoms with Crippen molar-refractivity contribution in [3.63, 3.8) is 0 Å². The van der Waals surface area contributed by atoms with Gasteiger partial charge in [-0.15, -0.1) is 6.58 Å². The first-order valence-electron chi connectivity index (χ1n) is 23.3. The lowest BCUT2D eigenvalue weighted by atomic mass is 9.55. The van der Waals surface area contributed by atoms with Gasteiger partial charge in [0, 0.05) is 51.1 Å². The number of nitrogens with one attached hydrogen (secondary N) is 1. The highest BCUT2D eigenvalue weighted by atomic mass is 16.7. The van der Waals surface area contributed by atoms with Crippen molar-refractivity contribution in [3.05, 3.63) is 84.0 Å². The molecule has 5 rings (SSSR count). The maximum absolute atomic E-state index is 14.4. The Morgan fingerprint density at radius 1 is 0.934 bits per heavy atom. The molecule has 2 aromatic rings. The van der Waals surface area contributed by atoms with Gasteiger partial charge < -0.3 is 39.5 Å². The maximum Gasteiger partial charge on any atom is 0.412 e. The summed E-state index contributed by atoms with van der Waals surface area (Å²) in [6, 6.07) is 14.9. The lowest BCUT2D eigenvalue weighted by Crippen LogP contribution is -2.69. The maximum atomic E-state index is 14.4. The normalized spacial score (nSPS) is 23.3. The van der Waals surface area contributed by atoms with Crippen LogP contribution in [0.25, 0.3) is 0 Å². The predicted molar refractivity (Wildman–Crippen MR) is 241 cm³/mol. The van der Waals surface area contributed by atoms with Crippen LogP contribution in [0, 0.1) is 17.8 Å². The zero-order valence-corrected chi connectivity index (χ0v) is 37.2. The molecule has 1 fully saturated rings. The molecule has 11 heteroatoms. The van der Waals surface area contributed by atoms with Crippen LogP contribution < -0.4 is 14.8 Å². The van der Waals surface area contributed by atoms with Crippen molar-refractivity contribution in [2.45, 2.75) is 147 Å².